The van der Waals surface area contributed by atoms with Crippen LogP contribution in [0.3, 0.4) is 0 Å². The Hall–Kier alpha value is -0.930. The molecule has 0 spiro atoms. The maximum Gasteiger partial charge on any atom is 0.226 e. The summed E-state index contributed by atoms with van der Waals surface area (Å²) in [4.78, 5) is 11.9. The molecule has 2 atom stereocenters. The summed E-state index contributed by atoms with van der Waals surface area (Å²) in [7, 11) is 0. The number of hydrogen-bond donors (Lipinski definition) is 1. The first-order valence-corrected chi connectivity index (χ1v) is 7.50. The molecule has 2 rings (SSSR count). The average Bonchev–Trinajstić information content (AvgIpc) is 2.98. The van der Waals surface area contributed by atoms with Gasteiger partial charge >= 0.3 is 0 Å². The third kappa shape index (κ3) is 3.80. The van der Waals surface area contributed by atoms with Crippen molar-refractivity contribution in [3.8, 4) is 5.75 Å². The molecule has 0 heterocycles. The number of halogens is 2. The zero-order valence-electron chi connectivity index (χ0n) is 11.8. The molecule has 0 saturated heterocycles. The molecule has 1 aliphatic carbocycles. The molecule has 3 nitrogen and oxygen atoms in total. The molecule has 1 N–H and O–H groups in total. The van der Waals surface area contributed by atoms with Gasteiger partial charge < -0.3 is 10.1 Å². The van der Waals surface area contributed by atoms with Crippen molar-refractivity contribution in [1.82, 2.24) is 5.32 Å². The molecule has 1 fully saturated rings. The maximum absolute atomic E-state index is 11.9. The van der Waals surface area contributed by atoms with E-state index in [4.69, 9.17) is 27.9 Å². The number of amides is 1. The van der Waals surface area contributed by atoms with Crippen LogP contribution in [-0.2, 0) is 4.79 Å². The Labute approximate surface area is 129 Å². The third-order valence-electron chi connectivity index (χ3n) is 3.25. The van der Waals surface area contributed by atoms with Crippen molar-refractivity contribution in [2.75, 3.05) is 0 Å². The Bertz CT molecular complexity index is 485. The van der Waals surface area contributed by atoms with E-state index in [0.29, 0.717) is 6.42 Å². The number of ether oxygens (including phenoxy) is 1. The van der Waals surface area contributed by atoms with Crippen LogP contribution < -0.4 is 10.1 Å². The molecule has 2 unspecified atom stereocenters. The lowest BCUT2D eigenvalue weighted by atomic mass is 10.1. The van der Waals surface area contributed by atoms with Gasteiger partial charge in [-0.2, -0.15) is 0 Å². The molecule has 0 radical (unpaired) electrons. The Morgan fingerprint density at radius 3 is 2.30 bits per heavy atom. The minimum Gasteiger partial charge on any atom is -0.491 e. The number of benzene rings is 1. The van der Waals surface area contributed by atoms with Crippen molar-refractivity contribution < 1.29 is 9.53 Å². The summed E-state index contributed by atoms with van der Waals surface area (Å²) >= 11 is 11.8. The van der Waals surface area contributed by atoms with E-state index < -0.39 is 4.33 Å². The van der Waals surface area contributed by atoms with Gasteiger partial charge in [-0.3, -0.25) is 4.79 Å². The molecule has 5 heteroatoms. The molecule has 1 aromatic carbocycles. The number of carbonyl (C=O) groups excluding carboxylic acids is 1. The summed E-state index contributed by atoms with van der Waals surface area (Å²) in [5, 5.41) is 2.93. The molecular weight excluding hydrogens is 297 g/mol. The highest BCUT2D eigenvalue weighted by molar-refractivity contribution is 6.52. The van der Waals surface area contributed by atoms with Gasteiger partial charge in [0.05, 0.1) is 18.1 Å². The standard InChI is InChI=1S/C15H19Cl2NO2/c1-9(2)20-12-6-4-11(5-7-12)10(3)18-14(19)13-8-15(13,16)17/h4-7,9-10,13H,8H2,1-3H3,(H,18,19). The normalized spacial score (nSPS) is 21.4. The summed E-state index contributed by atoms with van der Waals surface area (Å²) in [6.07, 6.45) is 0.670. The molecule has 1 aliphatic rings. The van der Waals surface area contributed by atoms with Crippen LogP contribution in [0.4, 0.5) is 0 Å². The quantitative estimate of drug-likeness (QED) is 0.838. The summed E-state index contributed by atoms with van der Waals surface area (Å²) in [6.45, 7) is 5.90. The molecule has 1 saturated carbocycles. The molecule has 20 heavy (non-hydrogen) atoms. The molecule has 1 aromatic rings. The van der Waals surface area contributed by atoms with Crippen LogP contribution in [0.1, 0.15) is 38.8 Å². The number of hydrogen-bond acceptors (Lipinski definition) is 2. The lowest BCUT2D eigenvalue weighted by molar-refractivity contribution is -0.123. The highest BCUT2D eigenvalue weighted by Gasteiger charge is 2.56. The second kappa shape index (κ2) is 5.82. The predicted molar refractivity (Wildman–Crippen MR) is 81.3 cm³/mol. The van der Waals surface area contributed by atoms with E-state index >= 15 is 0 Å². The van der Waals surface area contributed by atoms with Crippen molar-refractivity contribution in [3.63, 3.8) is 0 Å². The second-order valence-electron chi connectivity index (χ2n) is 5.48. The van der Waals surface area contributed by atoms with Gasteiger partial charge in [-0.1, -0.05) is 12.1 Å². The van der Waals surface area contributed by atoms with E-state index in [9.17, 15) is 4.79 Å². The van der Waals surface area contributed by atoms with E-state index in [1.165, 1.54) is 0 Å². The van der Waals surface area contributed by atoms with Crippen molar-refractivity contribution in [2.45, 2.75) is 43.7 Å². The molecule has 0 aromatic heterocycles. The minimum atomic E-state index is -0.876. The van der Waals surface area contributed by atoms with E-state index in [2.05, 4.69) is 5.32 Å². The monoisotopic (exact) mass is 315 g/mol. The van der Waals surface area contributed by atoms with Gasteiger partial charge in [-0.05, 0) is 44.9 Å². The van der Waals surface area contributed by atoms with Crippen LogP contribution in [0.25, 0.3) is 0 Å². The van der Waals surface area contributed by atoms with Crippen LogP contribution in [0.2, 0.25) is 0 Å². The van der Waals surface area contributed by atoms with Gasteiger partial charge in [0.15, 0.2) is 0 Å². The highest BCUT2D eigenvalue weighted by atomic mass is 35.5. The Kier molecular flexibility index (Phi) is 4.50. The topological polar surface area (TPSA) is 38.3 Å². The lowest BCUT2D eigenvalue weighted by Crippen LogP contribution is -2.29. The van der Waals surface area contributed by atoms with Gasteiger partial charge in [0.25, 0.3) is 0 Å². The van der Waals surface area contributed by atoms with Crippen LogP contribution in [0.5, 0.6) is 5.75 Å². The summed E-state index contributed by atoms with van der Waals surface area (Å²) in [5.74, 6) is 0.437. The van der Waals surface area contributed by atoms with E-state index in [1.807, 2.05) is 45.0 Å². The van der Waals surface area contributed by atoms with Crippen molar-refractivity contribution >= 4 is 29.1 Å². The molecule has 0 bridgehead atoms. The SMILES string of the molecule is CC(C)Oc1ccc(C(C)NC(=O)C2CC2(Cl)Cl)cc1. The Balaban J connectivity index is 1.92. The first-order valence-electron chi connectivity index (χ1n) is 6.74. The zero-order valence-corrected chi connectivity index (χ0v) is 13.3. The Morgan fingerprint density at radius 2 is 1.85 bits per heavy atom. The summed E-state index contributed by atoms with van der Waals surface area (Å²) in [5.41, 5.74) is 1.02. The second-order valence-corrected chi connectivity index (χ2v) is 7.03. The summed E-state index contributed by atoms with van der Waals surface area (Å²) in [6, 6.07) is 7.62. The van der Waals surface area contributed by atoms with Crippen LogP contribution >= 0.6 is 23.2 Å². The molecular formula is C15H19Cl2NO2. The third-order valence-corrected chi connectivity index (χ3v) is 4.09. The first-order chi connectivity index (χ1) is 9.29. The Morgan fingerprint density at radius 1 is 1.30 bits per heavy atom. The molecule has 1 amide bonds. The first kappa shape index (κ1) is 15.5. The van der Waals surface area contributed by atoms with E-state index in [0.717, 1.165) is 11.3 Å². The van der Waals surface area contributed by atoms with Crippen LogP contribution in [0.15, 0.2) is 24.3 Å². The fraction of sp³-hybridized carbons (Fsp3) is 0.533. The number of alkyl halides is 2. The molecule has 110 valence electrons. The fourth-order valence-electron chi connectivity index (χ4n) is 2.00. The lowest BCUT2D eigenvalue weighted by Gasteiger charge is -2.16. The number of rotatable bonds is 5. The van der Waals surface area contributed by atoms with Crippen LogP contribution in [0, 0.1) is 5.92 Å². The number of carbonyl (C=O) groups is 1. The van der Waals surface area contributed by atoms with Gasteiger partial charge in [0.1, 0.15) is 10.1 Å². The van der Waals surface area contributed by atoms with Crippen LogP contribution in [-0.4, -0.2) is 16.3 Å². The average molecular weight is 316 g/mol. The fourth-order valence-corrected chi connectivity index (χ4v) is 2.51. The van der Waals surface area contributed by atoms with Gasteiger partial charge in [-0.15, -0.1) is 23.2 Å². The number of nitrogens with one attached hydrogen (secondary N) is 1. The highest BCUT2D eigenvalue weighted by Crippen LogP contribution is 2.53. The van der Waals surface area contributed by atoms with Crippen molar-refractivity contribution in [3.05, 3.63) is 29.8 Å². The summed E-state index contributed by atoms with van der Waals surface area (Å²) < 4.78 is 4.71. The maximum atomic E-state index is 11.9. The van der Waals surface area contributed by atoms with Crippen molar-refractivity contribution in [1.29, 1.82) is 0 Å². The van der Waals surface area contributed by atoms with Crippen molar-refractivity contribution in [2.24, 2.45) is 5.92 Å². The zero-order chi connectivity index (χ0) is 14.9. The van der Waals surface area contributed by atoms with Gasteiger partial charge in [0.2, 0.25) is 5.91 Å². The predicted octanol–water partition coefficient (Wildman–Crippen LogP) is 3.84. The largest absolute Gasteiger partial charge is 0.491 e. The molecule has 0 aliphatic heterocycles. The minimum absolute atomic E-state index is 0.0830. The van der Waals surface area contributed by atoms with Gasteiger partial charge in [0, 0.05) is 0 Å². The smallest absolute Gasteiger partial charge is 0.226 e. The van der Waals surface area contributed by atoms with E-state index in [-0.39, 0.29) is 24.0 Å². The van der Waals surface area contributed by atoms with E-state index in [1.54, 1.807) is 0 Å². The van der Waals surface area contributed by atoms with Gasteiger partial charge in [-0.25, -0.2) is 0 Å².